The van der Waals surface area contributed by atoms with Crippen molar-refractivity contribution in [1.29, 1.82) is 0 Å². The molecule has 6 nitrogen and oxygen atoms in total. The van der Waals surface area contributed by atoms with Crippen molar-refractivity contribution < 1.29 is 8.42 Å². The van der Waals surface area contributed by atoms with Gasteiger partial charge in [-0.1, -0.05) is 12.1 Å². The van der Waals surface area contributed by atoms with Gasteiger partial charge in [0.1, 0.15) is 0 Å². The fraction of sp³-hybridized carbons (Fsp3) is 0.250. The van der Waals surface area contributed by atoms with Crippen LogP contribution in [0.5, 0.6) is 0 Å². The lowest BCUT2D eigenvalue weighted by Crippen LogP contribution is -2.44. The average molecular weight is 330 g/mol. The Morgan fingerprint density at radius 1 is 1.30 bits per heavy atom. The minimum absolute atomic E-state index is 0.180. The van der Waals surface area contributed by atoms with Crippen LogP contribution in [0.25, 0.3) is 12.2 Å². The molecular weight excluding hydrogens is 312 g/mol. The number of anilines is 1. The molecule has 1 aromatic heterocycles. The second-order valence-electron chi connectivity index (χ2n) is 5.91. The number of hydrogen-bond acceptors (Lipinski definition) is 6. The van der Waals surface area contributed by atoms with Gasteiger partial charge < -0.3 is 11.5 Å². The van der Waals surface area contributed by atoms with Crippen LogP contribution in [0.2, 0.25) is 0 Å². The van der Waals surface area contributed by atoms with Crippen LogP contribution >= 0.6 is 0 Å². The Labute approximate surface area is 134 Å². The number of nitrogens with zero attached hydrogens (tertiary/aromatic N) is 2. The molecule has 7 heteroatoms. The molecule has 0 bridgehead atoms. The Bertz CT molecular complexity index is 1010. The van der Waals surface area contributed by atoms with E-state index in [9.17, 15) is 8.42 Å². The van der Waals surface area contributed by atoms with Gasteiger partial charge in [-0.05, 0) is 42.7 Å². The van der Waals surface area contributed by atoms with E-state index in [4.69, 9.17) is 11.5 Å². The molecule has 1 aromatic carbocycles. The van der Waals surface area contributed by atoms with Crippen molar-refractivity contribution >= 4 is 27.9 Å². The smallest absolute Gasteiger partial charge is 0.220 e. The zero-order chi connectivity index (χ0) is 16.8. The highest BCUT2D eigenvalue weighted by molar-refractivity contribution is 7.90. The lowest BCUT2D eigenvalue weighted by molar-refractivity contribution is 0.596. The van der Waals surface area contributed by atoms with E-state index < -0.39 is 15.4 Å². The van der Waals surface area contributed by atoms with E-state index >= 15 is 0 Å². The topological polar surface area (TPSA) is 112 Å². The van der Waals surface area contributed by atoms with E-state index in [1.54, 1.807) is 24.4 Å². The van der Waals surface area contributed by atoms with Gasteiger partial charge in [0, 0.05) is 17.7 Å². The molecular formula is C16H18N4O2S. The number of benzene rings is 1. The summed E-state index contributed by atoms with van der Waals surface area (Å²) in [7, 11) is -3.30. The van der Waals surface area contributed by atoms with Crippen molar-refractivity contribution in [2.24, 2.45) is 5.73 Å². The van der Waals surface area contributed by atoms with Gasteiger partial charge in [0.05, 0.1) is 15.8 Å². The van der Waals surface area contributed by atoms with Gasteiger partial charge in [-0.2, -0.15) is 0 Å². The first-order valence-corrected chi connectivity index (χ1v) is 9.00. The van der Waals surface area contributed by atoms with E-state index in [0.29, 0.717) is 11.8 Å². The molecule has 23 heavy (non-hydrogen) atoms. The van der Waals surface area contributed by atoms with Gasteiger partial charge in [0.25, 0.3) is 0 Å². The van der Waals surface area contributed by atoms with Crippen molar-refractivity contribution in [3.63, 3.8) is 0 Å². The molecule has 1 aliphatic carbocycles. The Hall–Kier alpha value is -2.25. The van der Waals surface area contributed by atoms with Crippen LogP contribution in [0.1, 0.15) is 17.5 Å². The highest BCUT2D eigenvalue weighted by Gasteiger charge is 2.28. The van der Waals surface area contributed by atoms with Gasteiger partial charge in [-0.3, -0.25) is 0 Å². The highest BCUT2D eigenvalue weighted by Crippen LogP contribution is 2.30. The molecule has 3 rings (SSSR count). The van der Waals surface area contributed by atoms with Crippen molar-refractivity contribution in [1.82, 2.24) is 9.97 Å². The zero-order valence-corrected chi connectivity index (χ0v) is 13.8. The summed E-state index contributed by atoms with van der Waals surface area (Å²) in [4.78, 5) is 8.44. The van der Waals surface area contributed by atoms with Crippen LogP contribution in [0.4, 0.5) is 5.95 Å². The summed E-state index contributed by atoms with van der Waals surface area (Å²) in [5.41, 5.74) is 13.1. The lowest BCUT2D eigenvalue weighted by atomic mass is 9.82. The number of aromatic nitrogens is 2. The molecule has 120 valence electrons. The number of aryl methyl sites for hydroxylation is 1. The first kappa shape index (κ1) is 15.6. The molecule has 0 fully saturated rings. The molecule has 1 unspecified atom stereocenters. The number of rotatable bonds is 2. The first-order chi connectivity index (χ1) is 10.7. The predicted molar refractivity (Wildman–Crippen MR) is 89.4 cm³/mol. The quantitative estimate of drug-likeness (QED) is 0.774. The minimum atomic E-state index is -3.30. The Kier molecular flexibility index (Phi) is 3.50. The maximum Gasteiger partial charge on any atom is 0.220 e. The highest BCUT2D eigenvalue weighted by atomic mass is 32.2. The monoisotopic (exact) mass is 330 g/mol. The van der Waals surface area contributed by atoms with Gasteiger partial charge in [0.15, 0.2) is 9.84 Å². The molecule has 0 saturated carbocycles. The van der Waals surface area contributed by atoms with Crippen LogP contribution < -0.4 is 22.0 Å². The number of fused-ring (bicyclic) bond motifs is 1. The number of nitrogens with two attached hydrogens (primary N) is 2. The summed E-state index contributed by atoms with van der Waals surface area (Å²) in [5.74, 6) is 0.180. The van der Waals surface area contributed by atoms with E-state index in [2.05, 4.69) is 9.97 Å². The maximum atomic E-state index is 11.8. The number of hydrogen-bond donors (Lipinski definition) is 2. The molecule has 1 heterocycles. The Balaban J connectivity index is 2.22. The third-order valence-corrected chi connectivity index (χ3v) is 5.17. The minimum Gasteiger partial charge on any atom is -0.368 e. The van der Waals surface area contributed by atoms with Crippen molar-refractivity contribution in [3.05, 3.63) is 46.1 Å². The van der Waals surface area contributed by atoms with Crippen LogP contribution in [0.15, 0.2) is 29.3 Å². The molecule has 1 atom stereocenters. The summed E-state index contributed by atoms with van der Waals surface area (Å²) in [6, 6.07) is 5.01. The van der Waals surface area contributed by atoms with Gasteiger partial charge in [-0.15, -0.1) is 0 Å². The van der Waals surface area contributed by atoms with Gasteiger partial charge in [0.2, 0.25) is 5.95 Å². The summed E-state index contributed by atoms with van der Waals surface area (Å²) in [5, 5.41) is 1.53. The second kappa shape index (κ2) is 5.14. The third-order valence-electron chi connectivity index (χ3n) is 4.06. The maximum absolute atomic E-state index is 11.8. The second-order valence-corrected chi connectivity index (χ2v) is 7.93. The standard InChI is InChI=1S/C16H18N4O2S/c1-10-3-4-12(23(2,21)22)7-13(10)16(18)6-5-11-9-19-15(17)20-14(11)8-16/h3-5,7-9H,6,18H2,1-2H3,(H2,17,20). The van der Waals surface area contributed by atoms with Gasteiger partial charge in [-0.25, -0.2) is 18.4 Å². The summed E-state index contributed by atoms with van der Waals surface area (Å²) in [6.07, 6.45) is 7.15. The van der Waals surface area contributed by atoms with Gasteiger partial charge >= 0.3 is 0 Å². The van der Waals surface area contributed by atoms with Crippen molar-refractivity contribution in [3.8, 4) is 0 Å². The van der Waals surface area contributed by atoms with Crippen molar-refractivity contribution in [2.75, 3.05) is 12.0 Å². The van der Waals surface area contributed by atoms with Crippen LogP contribution in [-0.4, -0.2) is 24.6 Å². The molecule has 1 aliphatic rings. The molecule has 4 N–H and O–H groups in total. The Morgan fingerprint density at radius 2 is 2.04 bits per heavy atom. The molecule has 0 saturated heterocycles. The number of nitrogen functional groups attached to an aromatic ring is 1. The fourth-order valence-electron chi connectivity index (χ4n) is 2.79. The third kappa shape index (κ3) is 2.85. The zero-order valence-electron chi connectivity index (χ0n) is 12.9. The lowest BCUT2D eigenvalue weighted by Gasteiger charge is -2.29. The van der Waals surface area contributed by atoms with Crippen LogP contribution in [-0.2, 0) is 15.4 Å². The van der Waals surface area contributed by atoms with E-state index in [-0.39, 0.29) is 10.8 Å². The molecule has 0 radical (unpaired) electrons. The largest absolute Gasteiger partial charge is 0.368 e. The molecule has 2 aromatic rings. The summed E-state index contributed by atoms with van der Waals surface area (Å²) >= 11 is 0. The molecule has 0 aliphatic heterocycles. The normalized spacial score (nSPS) is 20.3. The molecule has 0 spiro atoms. The Morgan fingerprint density at radius 3 is 2.74 bits per heavy atom. The summed E-state index contributed by atoms with van der Waals surface area (Å²) in [6.45, 7) is 1.91. The van der Waals surface area contributed by atoms with E-state index in [0.717, 1.165) is 16.3 Å². The fourth-order valence-corrected chi connectivity index (χ4v) is 3.44. The molecule has 0 amide bonds. The van der Waals surface area contributed by atoms with Crippen LogP contribution in [0.3, 0.4) is 0 Å². The van der Waals surface area contributed by atoms with Crippen LogP contribution in [0, 0.1) is 6.92 Å². The predicted octanol–water partition coefficient (Wildman–Crippen LogP) is -0.410. The number of sulfone groups is 1. The summed E-state index contributed by atoms with van der Waals surface area (Å²) < 4.78 is 23.7. The van der Waals surface area contributed by atoms with Crippen molar-refractivity contribution in [2.45, 2.75) is 23.8 Å². The first-order valence-electron chi connectivity index (χ1n) is 7.11. The SMILES string of the molecule is Cc1ccc(S(C)(=O)=O)cc1C1(N)C=c2nc(N)ncc2=CC1. The van der Waals surface area contributed by atoms with E-state index in [1.807, 2.05) is 19.1 Å². The average Bonchev–Trinajstić information content (AvgIpc) is 2.45. The van der Waals surface area contributed by atoms with E-state index in [1.165, 1.54) is 6.26 Å².